The minimum atomic E-state index is 0.263. The maximum atomic E-state index is 12.2. The first-order chi connectivity index (χ1) is 8.81. The molecule has 0 aliphatic carbocycles. The van der Waals surface area contributed by atoms with Gasteiger partial charge in [0.25, 0.3) is 0 Å². The van der Waals surface area contributed by atoms with Crippen LogP contribution in [0.1, 0.15) is 45.4 Å². The summed E-state index contributed by atoms with van der Waals surface area (Å²) in [7, 11) is 0. The largest absolute Gasteiger partial charge is 0.377 e. The van der Waals surface area contributed by atoms with Gasteiger partial charge in [0.15, 0.2) is 0 Å². The van der Waals surface area contributed by atoms with E-state index in [1.54, 1.807) is 0 Å². The Hall–Kier alpha value is -0.610. The maximum absolute atomic E-state index is 12.2. The van der Waals surface area contributed by atoms with E-state index < -0.39 is 0 Å². The molecule has 0 radical (unpaired) electrons. The molecule has 104 valence electrons. The molecular formula is C14H26N2O2. The van der Waals surface area contributed by atoms with Crippen molar-refractivity contribution in [2.24, 2.45) is 0 Å². The highest BCUT2D eigenvalue weighted by Gasteiger charge is 2.25. The number of hydrogen-bond donors (Lipinski definition) is 1. The molecule has 2 aliphatic rings. The predicted molar refractivity (Wildman–Crippen MR) is 71.5 cm³/mol. The van der Waals surface area contributed by atoms with Gasteiger partial charge in [-0.1, -0.05) is 6.92 Å². The zero-order chi connectivity index (χ0) is 12.8. The number of nitrogens with zero attached hydrogens (tertiary/aromatic N) is 1. The third-order valence-electron chi connectivity index (χ3n) is 4.09. The normalized spacial score (nSPS) is 28.6. The Balaban J connectivity index is 1.69. The van der Waals surface area contributed by atoms with Crippen molar-refractivity contribution in [3.63, 3.8) is 0 Å². The summed E-state index contributed by atoms with van der Waals surface area (Å²) >= 11 is 0. The van der Waals surface area contributed by atoms with Crippen LogP contribution in [0, 0.1) is 0 Å². The van der Waals surface area contributed by atoms with E-state index in [1.165, 1.54) is 12.8 Å². The molecule has 2 saturated heterocycles. The highest BCUT2D eigenvalue weighted by molar-refractivity contribution is 5.78. The molecule has 2 atom stereocenters. The van der Waals surface area contributed by atoms with Gasteiger partial charge in [-0.2, -0.15) is 0 Å². The molecule has 2 heterocycles. The van der Waals surface area contributed by atoms with Gasteiger partial charge in [0.05, 0.1) is 12.6 Å². The third-order valence-corrected chi connectivity index (χ3v) is 4.09. The van der Waals surface area contributed by atoms with Crippen molar-refractivity contribution in [2.75, 3.05) is 26.2 Å². The van der Waals surface area contributed by atoms with Gasteiger partial charge in [-0.3, -0.25) is 4.79 Å². The van der Waals surface area contributed by atoms with Crippen LogP contribution in [0.25, 0.3) is 0 Å². The number of likely N-dealkylation sites (tertiary alicyclic amines) is 1. The summed E-state index contributed by atoms with van der Waals surface area (Å²) in [6, 6.07) is 0.468. The first-order valence-electron chi connectivity index (χ1n) is 7.43. The monoisotopic (exact) mass is 254 g/mol. The van der Waals surface area contributed by atoms with Crippen molar-refractivity contribution in [1.82, 2.24) is 10.2 Å². The minimum Gasteiger partial charge on any atom is -0.377 e. The summed E-state index contributed by atoms with van der Waals surface area (Å²) in [5.41, 5.74) is 0. The molecule has 0 unspecified atom stereocenters. The number of hydrogen-bond acceptors (Lipinski definition) is 3. The highest BCUT2D eigenvalue weighted by Crippen LogP contribution is 2.19. The lowest BCUT2D eigenvalue weighted by Crippen LogP contribution is -2.47. The van der Waals surface area contributed by atoms with Gasteiger partial charge in [-0.25, -0.2) is 0 Å². The van der Waals surface area contributed by atoms with Crippen molar-refractivity contribution in [1.29, 1.82) is 0 Å². The predicted octanol–water partition coefficient (Wildman–Crippen LogP) is 1.55. The number of amides is 1. The van der Waals surface area contributed by atoms with Gasteiger partial charge in [-0.05, 0) is 38.5 Å². The van der Waals surface area contributed by atoms with E-state index in [1.807, 2.05) is 0 Å². The topological polar surface area (TPSA) is 41.6 Å². The fourth-order valence-electron chi connectivity index (χ4n) is 3.00. The lowest BCUT2D eigenvalue weighted by molar-refractivity contribution is -0.134. The molecule has 2 rings (SSSR count). The van der Waals surface area contributed by atoms with E-state index in [4.69, 9.17) is 4.74 Å². The van der Waals surface area contributed by atoms with Crippen LogP contribution in [0.3, 0.4) is 0 Å². The molecule has 4 nitrogen and oxygen atoms in total. The molecule has 0 aromatic rings. The van der Waals surface area contributed by atoms with Crippen molar-refractivity contribution in [3.05, 3.63) is 0 Å². The standard InChI is InChI=1S/C14H26N2O2/c1-2-12-6-3-4-8-16(12)14(17)11-15-10-13-7-5-9-18-13/h12-13,15H,2-11H2,1H3/t12-,13-/m0/s1. The fourth-order valence-corrected chi connectivity index (χ4v) is 3.00. The van der Waals surface area contributed by atoms with Gasteiger partial charge >= 0.3 is 0 Å². The van der Waals surface area contributed by atoms with Crippen LogP contribution in [0.15, 0.2) is 0 Å². The molecule has 0 saturated carbocycles. The Morgan fingerprint density at radius 3 is 2.94 bits per heavy atom. The molecule has 0 bridgehead atoms. The van der Waals surface area contributed by atoms with E-state index >= 15 is 0 Å². The first kappa shape index (κ1) is 13.8. The van der Waals surface area contributed by atoms with E-state index in [2.05, 4.69) is 17.1 Å². The van der Waals surface area contributed by atoms with Crippen molar-refractivity contribution >= 4 is 5.91 Å². The van der Waals surface area contributed by atoms with Gasteiger partial charge < -0.3 is 15.0 Å². The minimum absolute atomic E-state index is 0.263. The lowest BCUT2D eigenvalue weighted by Gasteiger charge is -2.35. The van der Waals surface area contributed by atoms with Crippen LogP contribution in [0.5, 0.6) is 0 Å². The second-order valence-electron chi connectivity index (χ2n) is 5.41. The zero-order valence-electron chi connectivity index (χ0n) is 11.5. The summed E-state index contributed by atoms with van der Waals surface area (Å²) < 4.78 is 5.54. The fraction of sp³-hybridized carbons (Fsp3) is 0.929. The number of nitrogens with one attached hydrogen (secondary N) is 1. The molecule has 4 heteroatoms. The molecule has 0 aromatic carbocycles. The Morgan fingerprint density at radius 2 is 2.22 bits per heavy atom. The molecule has 2 aliphatic heterocycles. The maximum Gasteiger partial charge on any atom is 0.236 e. The summed E-state index contributed by atoms with van der Waals surface area (Å²) in [5.74, 6) is 0.263. The quantitative estimate of drug-likeness (QED) is 0.809. The van der Waals surface area contributed by atoms with Crippen LogP contribution in [0.2, 0.25) is 0 Å². The second-order valence-corrected chi connectivity index (χ2v) is 5.41. The van der Waals surface area contributed by atoms with E-state index in [0.717, 1.165) is 45.4 Å². The first-order valence-corrected chi connectivity index (χ1v) is 7.43. The Bertz CT molecular complexity index is 265. The summed E-state index contributed by atoms with van der Waals surface area (Å²) in [6.45, 7) is 5.28. The van der Waals surface area contributed by atoms with E-state index in [0.29, 0.717) is 18.7 Å². The van der Waals surface area contributed by atoms with Crippen LogP contribution >= 0.6 is 0 Å². The molecule has 0 spiro atoms. The van der Waals surface area contributed by atoms with Crippen molar-refractivity contribution in [2.45, 2.75) is 57.6 Å². The number of carbonyl (C=O) groups is 1. The number of rotatable bonds is 5. The summed E-state index contributed by atoms with van der Waals surface area (Å²) in [6.07, 6.45) is 7.29. The molecule has 1 N–H and O–H groups in total. The molecule has 1 amide bonds. The lowest BCUT2D eigenvalue weighted by atomic mass is 10.00. The second kappa shape index (κ2) is 7.10. The average molecular weight is 254 g/mol. The van der Waals surface area contributed by atoms with Crippen LogP contribution in [-0.4, -0.2) is 49.2 Å². The number of carbonyl (C=O) groups excluding carboxylic acids is 1. The molecule has 18 heavy (non-hydrogen) atoms. The third kappa shape index (κ3) is 3.69. The average Bonchev–Trinajstić information content (AvgIpc) is 2.91. The molecular weight excluding hydrogens is 228 g/mol. The molecule has 2 fully saturated rings. The Morgan fingerprint density at radius 1 is 1.33 bits per heavy atom. The van der Waals surface area contributed by atoms with Gasteiger partial charge in [0.1, 0.15) is 0 Å². The van der Waals surface area contributed by atoms with Crippen molar-refractivity contribution < 1.29 is 9.53 Å². The van der Waals surface area contributed by atoms with Gasteiger partial charge in [0, 0.05) is 25.7 Å². The zero-order valence-corrected chi connectivity index (χ0v) is 11.5. The van der Waals surface area contributed by atoms with E-state index in [9.17, 15) is 4.79 Å². The van der Waals surface area contributed by atoms with E-state index in [-0.39, 0.29) is 5.91 Å². The Kier molecular flexibility index (Phi) is 5.45. The summed E-state index contributed by atoms with van der Waals surface area (Å²) in [5, 5.41) is 3.25. The Labute approximate surface area is 110 Å². The summed E-state index contributed by atoms with van der Waals surface area (Å²) in [4.78, 5) is 14.2. The van der Waals surface area contributed by atoms with Gasteiger partial charge in [-0.15, -0.1) is 0 Å². The molecule has 0 aromatic heterocycles. The van der Waals surface area contributed by atoms with Gasteiger partial charge in [0.2, 0.25) is 5.91 Å². The van der Waals surface area contributed by atoms with Crippen molar-refractivity contribution in [3.8, 4) is 0 Å². The SMILES string of the molecule is CC[C@H]1CCCCN1C(=O)CNC[C@@H]1CCCO1. The number of ether oxygens (including phenoxy) is 1. The van der Waals surface area contributed by atoms with Crippen LogP contribution < -0.4 is 5.32 Å². The smallest absolute Gasteiger partial charge is 0.236 e. The highest BCUT2D eigenvalue weighted by atomic mass is 16.5. The number of piperidine rings is 1. The van der Waals surface area contributed by atoms with Crippen LogP contribution in [-0.2, 0) is 9.53 Å². The van der Waals surface area contributed by atoms with Crippen LogP contribution in [0.4, 0.5) is 0 Å².